The highest BCUT2D eigenvalue weighted by Crippen LogP contribution is 2.28. The second-order valence-corrected chi connectivity index (χ2v) is 8.55. The van der Waals surface area contributed by atoms with Gasteiger partial charge in [0.1, 0.15) is 5.88 Å². The number of rotatable bonds is 12. The third kappa shape index (κ3) is 8.66. The predicted molar refractivity (Wildman–Crippen MR) is 124 cm³/mol. The molecule has 0 spiro atoms. The molecule has 0 aliphatic heterocycles. The number of hydrogen-bond acceptors (Lipinski definition) is 5. The van der Waals surface area contributed by atoms with E-state index < -0.39 is 11.9 Å². The lowest BCUT2D eigenvalue weighted by Gasteiger charge is -2.28. The number of carboxylic acid groups (broad SMARTS) is 2. The van der Waals surface area contributed by atoms with Crippen LogP contribution in [0.1, 0.15) is 58.4 Å². The van der Waals surface area contributed by atoms with Gasteiger partial charge in [0.2, 0.25) is 17.7 Å². The Kier molecular flexibility index (Phi) is 10.8. The maximum absolute atomic E-state index is 12.2. The Hall–Kier alpha value is -3.14. The summed E-state index contributed by atoms with van der Waals surface area (Å²) >= 11 is 5.39. The van der Waals surface area contributed by atoms with Crippen LogP contribution in [0.5, 0.6) is 0 Å². The lowest BCUT2D eigenvalue weighted by molar-refractivity contribution is -0.126. The van der Waals surface area contributed by atoms with Gasteiger partial charge in [0, 0.05) is 32.0 Å². The van der Waals surface area contributed by atoms with Crippen LogP contribution in [-0.2, 0) is 20.8 Å². The lowest BCUT2D eigenvalue weighted by atomic mass is 9.81. The van der Waals surface area contributed by atoms with Crippen LogP contribution in [0, 0.1) is 11.8 Å². The molecule has 1 fully saturated rings. The predicted octanol–water partition coefficient (Wildman–Crippen LogP) is 1.41. The first-order valence-electron chi connectivity index (χ1n) is 11.2. The smallest absolute Gasteiger partial charge is 0.336 e. The minimum Gasteiger partial charge on any atom is -0.478 e. The zero-order chi connectivity index (χ0) is 25.1. The number of amides is 3. The number of nitrogens with one attached hydrogen (secondary N) is 3. The van der Waals surface area contributed by atoms with Crippen LogP contribution in [0.4, 0.5) is 0 Å². The van der Waals surface area contributed by atoms with Crippen LogP contribution in [0.15, 0.2) is 18.2 Å². The first kappa shape index (κ1) is 27.1. The number of aryl methyl sites for hydroxylation is 1. The topological polar surface area (TPSA) is 162 Å². The molecule has 0 atom stereocenters. The summed E-state index contributed by atoms with van der Waals surface area (Å²) in [5.41, 5.74) is -0.0133. The second kappa shape index (κ2) is 13.5. The number of halogens is 1. The summed E-state index contributed by atoms with van der Waals surface area (Å²) in [5, 5.41) is 26.6. The summed E-state index contributed by atoms with van der Waals surface area (Å²) in [6.07, 6.45) is 3.55. The molecule has 186 valence electrons. The van der Waals surface area contributed by atoms with Crippen molar-refractivity contribution in [3.8, 4) is 0 Å². The van der Waals surface area contributed by atoms with Crippen molar-refractivity contribution in [1.29, 1.82) is 0 Å². The van der Waals surface area contributed by atoms with Gasteiger partial charge in [-0.2, -0.15) is 0 Å². The average molecular weight is 496 g/mol. The van der Waals surface area contributed by atoms with E-state index in [1.54, 1.807) is 0 Å². The van der Waals surface area contributed by atoms with Crippen LogP contribution in [0.2, 0.25) is 0 Å². The highest BCUT2D eigenvalue weighted by molar-refractivity contribution is 6.27. The maximum atomic E-state index is 12.2. The molecule has 0 bridgehead atoms. The van der Waals surface area contributed by atoms with Gasteiger partial charge in [-0.15, -0.1) is 11.6 Å². The van der Waals surface area contributed by atoms with E-state index in [1.165, 1.54) is 18.2 Å². The Balaban J connectivity index is 1.67. The van der Waals surface area contributed by atoms with Crippen molar-refractivity contribution in [2.24, 2.45) is 11.8 Å². The number of alkyl halides is 1. The van der Waals surface area contributed by atoms with Crippen LogP contribution < -0.4 is 16.0 Å². The van der Waals surface area contributed by atoms with E-state index in [9.17, 15) is 29.1 Å². The molecule has 1 aliphatic carbocycles. The monoisotopic (exact) mass is 495 g/mol. The SMILES string of the molecule is O=C(CCl)NCCNC(=O)[C@H]1CC[C@H](CNC(=O)CCc2ccc(C(=O)O)c(C(=O)O)c2)CC1. The zero-order valence-corrected chi connectivity index (χ0v) is 19.5. The second-order valence-electron chi connectivity index (χ2n) is 8.29. The molecular weight excluding hydrogens is 466 g/mol. The van der Waals surface area contributed by atoms with Crippen molar-refractivity contribution >= 4 is 41.3 Å². The summed E-state index contributed by atoms with van der Waals surface area (Å²) < 4.78 is 0. The van der Waals surface area contributed by atoms with Gasteiger partial charge in [0.05, 0.1) is 11.1 Å². The normalized spacial score (nSPS) is 17.4. The van der Waals surface area contributed by atoms with Gasteiger partial charge in [0.25, 0.3) is 0 Å². The molecule has 34 heavy (non-hydrogen) atoms. The molecule has 0 saturated heterocycles. The molecule has 1 aromatic rings. The van der Waals surface area contributed by atoms with E-state index in [0.717, 1.165) is 25.7 Å². The fourth-order valence-corrected chi connectivity index (χ4v) is 4.02. The Bertz CT molecular complexity index is 914. The van der Waals surface area contributed by atoms with E-state index in [4.69, 9.17) is 16.7 Å². The quantitative estimate of drug-likeness (QED) is 0.216. The third-order valence-corrected chi connectivity index (χ3v) is 6.10. The van der Waals surface area contributed by atoms with E-state index in [0.29, 0.717) is 31.6 Å². The van der Waals surface area contributed by atoms with E-state index >= 15 is 0 Å². The van der Waals surface area contributed by atoms with Crippen molar-refractivity contribution in [2.75, 3.05) is 25.5 Å². The van der Waals surface area contributed by atoms with Crippen molar-refractivity contribution in [3.63, 3.8) is 0 Å². The Morgan fingerprint density at radius 1 is 0.853 bits per heavy atom. The summed E-state index contributed by atoms with van der Waals surface area (Å²) in [7, 11) is 0. The van der Waals surface area contributed by atoms with Crippen LogP contribution >= 0.6 is 11.6 Å². The minimum atomic E-state index is -1.33. The van der Waals surface area contributed by atoms with Crippen LogP contribution in [-0.4, -0.2) is 65.4 Å². The molecule has 0 radical (unpaired) electrons. The number of aromatic carboxylic acids is 2. The van der Waals surface area contributed by atoms with Gasteiger partial charge in [0.15, 0.2) is 0 Å². The standard InChI is InChI=1S/C23H30ClN3O7/c24-12-20(29)25-9-10-26-21(30)16-5-1-15(2-6-16)13-27-19(28)8-4-14-3-7-17(22(31)32)18(11-14)23(33)34/h3,7,11,15-16H,1-2,4-6,8-10,12-13H2,(H,25,29)(H,26,30)(H,27,28)(H,31,32)(H,33,34)/t15-,16-. The summed E-state index contributed by atoms with van der Waals surface area (Å²) in [4.78, 5) is 57.9. The number of carbonyl (C=O) groups is 5. The van der Waals surface area contributed by atoms with Gasteiger partial charge in [-0.05, 0) is 55.7 Å². The third-order valence-electron chi connectivity index (χ3n) is 5.86. The molecule has 10 nitrogen and oxygen atoms in total. The van der Waals surface area contributed by atoms with Gasteiger partial charge in [-0.3, -0.25) is 14.4 Å². The first-order valence-corrected chi connectivity index (χ1v) is 11.7. The van der Waals surface area contributed by atoms with Crippen molar-refractivity contribution < 1.29 is 34.2 Å². The van der Waals surface area contributed by atoms with Crippen molar-refractivity contribution in [2.45, 2.75) is 38.5 Å². The number of benzene rings is 1. The van der Waals surface area contributed by atoms with Gasteiger partial charge in [-0.1, -0.05) is 6.07 Å². The maximum Gasteiger partial charge on any atom is 0.336 e. The lowest BCUT2D eigenvalue weighted by Crippen LogP contribution is -2.39. The van der Waals surface area contributed by atoms with E-state index in [1.807, 2.05) is 0 Å². The molecule has 0 heterocycles. The average Bonchev–Trinajstić information content (AvgIpc) is 2.83. The Morgan fingerprint density at radius 3 is 2.12 bits per heavy atom. The summed E-state index contributed by atoms with van der Waals surface area (Å²) in [6, 6.07) is 4.04. The minimum absolute atomic E-state index is 0.0303. The number of carboxylic acids is 2. The Morgan fingerprint density at radius 2 is 1.50 bits per heavy atom. The summed E-state index contributed by atoms with van der Waals surface area (Å²) in [5.74, 6) is -3.02. The molecule has 2 rings (SSSR count). The number of hydrogen-bond donors (Lipinski definition) is 5. The van der Waals surface area contributed by atoms with Crippen molar-refractivity contribution in [3.05, 3.63) is 34.9 Å². The first-order chi connectivity index (χ1) is 16.2. The van der Waals surface area contributed by atoms with Crippen LogP contribution in [0.25, 0.3) is 0 Å². The molecule has 1 aromatic carbocycles. The molecule has 3 amide bonds. The Labute approximate surface area is 202 Å². The molecule has 1 aliphatic rings. The van der Waals surface area contributed by atoms with Gasteiger partial charge >= 0.3 is 11.9 Å². The van der Waals surface area contributed by atoms with Gasteiger partial charge in [-0.25, -0.2) is 9.59 Å². The zero-order valence-electron chi connectivity index (χ0n) is 18.8. The number of carbonyl (C=O) groups excluding carboxylic acids is 3. The fraction of sp³-hybridized carbons (Fsp3) is 0.522. The fourth-order valence-electron chi connectivity index (χ4n) is 3.92. The molecule has 5 N–H and O–H groups in total. The molecule has 11 heteroatoms. The molecule has 1 saturated carbocycles. The highest BCUT2D eigenvalue weighted by atomic mass is 35.5. The highest BCUT2D eigenvalue weighted by Gasteiger charge is 2.26. The summed E-state index contributed by atoms with van der Waals surface area (Å²) in [6.45, 7) is 1.19. The molecular formula is C23H30ClN3O7. The van der Waals surface area contributed by atoms with Crippen LogP contribution in [0.3, 0.4) is 0 Å². The van der Waals surface area contributed by atoms with E-state index in [2.05, 4.69) is 16.0 Å². The molecule has 0 unspecified atom stereocenters. The van der Waals surface area contributed by atoms with E-state index in [-0.39, 0.29) is 53.0 Å². The van der Waals surface area contributed by atoms with Gasteiger partial charge < -0.3 is 26.2 Å². The largest absolute Gasteiger partial charge is 0.478 e. The van der Waals surface area contributed by atoms with Crippen molar-refractivity contribution in [1.82, 2.24) is 16.0 Å². The molecule has 0 aromatic heterocycles.